The maximum Gasteiger partial charge on any atom is 0.399 e. The van der Waals surface area contributed by atoms with Gasteiger partial charge in [-0.25, -0.2) is 4.79 Å². The van der Waals surface area contributed by atoms with E-state index in [0.29, 0.717) is 44.8 Å². The third kappa shape index (κ3) is 7.93. The van der Waals surface area contributed by atoms with Gasteiger partial charge in [-0.05, 0) is 62.1 Å². The highest BCUT2D eigenvalue weighted by atomic mass is 79.9. The lowest BCUT2D eigenvalue weighted by molar-refractivity contribution is -0.0881. The summed E-state index contributed by atoms with van der Waals surface area (Å²) in [6, 6.07) is 28.4. The summed E-state index contributed by atoms with van der Waals surface area (Å²) in [4.78, 5) is 13.4. The molecule has 1 aromatic heterocycles. The van der Waals surface area contributed by atoms with Crippen LogP contribution in [0.4, 0.5) is 14.2 Å². The lowest BCUT2D eigenvalue weighted by atomic mass is 10.1. The summed E-state index contributed by atoms with van der Waals surface area (Å²) in [5.74, 6) is -0.144. The Bertz CT molecular complexity index is 1800. The number of carboxylic acid groups (broad SMARTS) is 1. The van der Waals surface area contributed by atoms with Gasteiger partial charge in [0.2, 0.25) is 5.13 Å². The molecule has 14 heteroatoms. The second kappa shape index (κ2) is 14.2. The number of anilines is 1. The number of rotatable bonds is 13. The molecule has 0 fully saturated rings. The molecule has 4 aromatic carbocycles. The van der Waals surface area contributed by atoms with E-state index in [2.05, 4.69) is 35.6 Å². The Labute approximate surface area is 263 Å². The number of ether oxygens (including phenoxy) is 1. The predicted octanol–water partition coefficient (Wildman–Crippen LogP) is 9.16. The van der Waals surface area contributed by atoms with Gasteiger partial charge in [-0.15, -0.1) is 19.7 Å². The van der Waals surface area contributed by atoms with Crippen LogP contribution in [0.1, 0.15) is 27.0 Å². The van der Waals surface area contributed by atoms with E-state index in [1.54, 1.807) is 42.5 Å². The minimum Gasteiger partial charge on any atom is -0.478 e. The van der Waals surface area contributed by atoms with Gasteiger partial charge >= 0.3 is 13.6 Å². The van der Waals surface area contributed by atoms with Crippen molar-refractivity contribution in [2.24, 2.45) is 0 Å². The molecule has 0 aliphatic heterocycles. The molecule has 5 aromatic rings. The van der Waals surface area contributed by atoms with Gasteiger partial charge in [0.25, 0.3) is 0 Å². The number of nitrogens with zero attached hydrogens (tertiary/aromatic N) is 3. The number of hydrogen-bond acceptors (Lipinski definition) is 9. The molecule has 0 aliphatic carbocycles. The smallest absolute Gasteiger partial charge is 0.399 e. The molecular formula is C30H23BrF2N3O6PS. The lowest BCUT2D eigenvalue weighted by Crippen LogP contribution is -2.22. The average Bonchev–Trinajstić information content (AvgIpc) is 3.53. The first-order valence-electron chi connectivity index (χ1n) is 13.0. The molecule has 0 atom stereocenters. The SMILES string of the molecule is O=C(O)c1cccc(Oc2cccc(-c3nnc(N(Cc4ccccc4)Cc4ccc(CP(=O)(OF)OF)c(Br)c4)s3)c2)c1. The van der Waals surface area contributed by atoms with E-state index in [1.165, 1.54) is 23.5 Å². The van der Waals surface area contributed by atoms with Crippen LogP contribution >= 0.6 is 34.9 Å². The van der Waals surface area contributed by atoms with Gasteiger partial charge in [0, 0.05) is 23.1 Å². The van der Waals surface area contributed by atoms with Crippen molar-refractivity contribution in [3.05, 3.63) is 124 Å². The molecule has 1 heterocycles. The lowest BCUT2D eigenvalue weighted by Gasteiger charge is -2.22. The molecule has 0 radical (unpaired) electrons. The first kappa shape index (κ1) is 31.4. The zero-order valence-corrected chi connectivity index (χ0v) is 26.0. The number of benzene rings is 4. The van der Waals surface area contributed by atoms with Crippen LogP contribution in [-0.2, 0) is 33.3 Å². The molecule has 0 spiro atoms. The van der Waals surface area contributed by atoms with Crippen molar-refractivity contribution in [3.8, 4) is 22.1 Å². The molecule has 0 unspecified atom stereocenters. The highest BCUT2D eigenvalue weighted by Crippen LogP contribution is 2.53. The summed E-state index contributed by atoms with van der Waals surface area (Å²) in [5.41, 5.74) is 3.11. The van der Waals surface area contributed by atoms with E-state index in [9.17, 15) is 23.5 Å². The van der Waals surface area contributed by atoms with Crippen molar-refractivity contribution < 1.29 is 37.7 Å². The molecule has 0 saturated heterocycles. The van der Waals surface area contributed by atoms with E-state index < -0.39 is 19.7 Å². The van der Waals surface area contributed by atoms with Gasteiger partial charge in [0.05, 0.1) is 11.7 Å². The summed E-state index contributed by atoms with van der Waals surface area (Å²) in [7, 11) is -4.55. The monoisotopic (exact) mass is 701 g/mol. The van der Waals surface area contributed by atoms with Crippen molar-refractivity contribution in [3.63, 3.8) is 0 Å². The van der Waals surface area contributed by atoms with E-state index in [1.807, 2.05) is 47.4 Å². The fourth-order valence-corrected chi connectivity index (χ4v) is 6.72. The molecule has 0 amide bonds. The third-order valence-corrected chi connectivity index (χ3v) is 9.28. The minimum absolute atomic E-state index is 0.121. The van der Waals surface area contributed by atoms with Gasteiger partial charge in [-0.2, -0.15) is 0 Å². The van der Waals surface area contributed by atoms with Crippen molar-refractivity contribution in [2.75, 3.05) is 4.90 Å². The summed E-state index contributed by atoms with van der Waals surface area (Å²) >= 11 is 4.77. The standard InChI is InChI=1S/C30H23BrF2N3O6PS/c31-27-14-21(12-13-24(27)19-43(39,41-32)42-33)18-36(17-20-6-2-1-3-7-20)30-35-34-28(44-30)22-8-4-10-25(15-22)40-26-11-5-9-23(16-26)29(37)38/h1-16H,17-19H2,(H,37,38). The molecule has 0 aliphatic rings. The summed E-state index contributed by atoms with van der Waals surface area (Å²) in [6.07, 6.45) is -0.595. The quantitative estimate of drug-likeness (QED) is 0.120. The van der Waals surface area contributed by atoms with Crippen LogP contribution in [0.2, 0.25) is 0 Å². The summed E-state index contributed by atoms with van der Waals surface area (Å²) in [6.45, 7) is 0.918. The van der Waals surface area contributed by atoms with Crippen LogP contribution in [0.25, 0.3) is 10.6 Å². The van der Waals surface area contributed by atoms with Crippen LogP contribution in [0.5, 0.6) is 11.5 Å². The maximum absolute atomic E-state index is 12.6. The summed E-state index contributed by atoms with van der Waals surface area (Å²) in [5, 5.41) is 19.4. The number of hydrogen-bond donors (Lipinski definition) is 1. The molecule has 0 bridgehead atoms. The Morgan fingerprint density at radius 3 is 2.27 bits per heavy atom. The van der Waals surface area contributed by atoms with Crippen molar-refractivity contribution >= 4 is 46.0 Å². The zero-order valence-electron chi connectivity index (χ0n) is 22.7. The number of halogens is 3. The van der Waals surface area contributed by atoms with Crippen LogP contribution in [0.15, 0.2) is 102 Å². The number of carboxylic acids is 1. The Hall–Kier alpha value is -4.00. The normalized spacial score (nSPS) is 11.3. The minimum atomic E-state index is -4.55. The molecule has 0 saturated carbocycles. The Kier molecular flexibility index (Phi) is 10.1. The number of aromatic nitrogens is 2. The second-order valence-corrected chi connectivity index (χ2v) is 13.2. The highest BCUT2D eigenvalue weighted by Gasteiger charge is 2.29. The topological polar surface area (TPSA) is 111 Å². The maximum atomic E-state index is 12.6. The molecule has 226 valence electrons. The van der Waals surface area contributed by atoms with Gasteiger partial charge in [-0.3, -0.25) is 4.57 Å². The fraction of sp³-hybridized carbons (Fsp3) is 0.100. The van der Waals surface area contributed by atoms with Crippen molar-refractivity contribution in [2.45, 2.75) is 19.3 Å². The van der Waals surface area contributed by atoms with Crippen molar-refractivity contribution in [1.29, 1.82) is 0 Å². The van der Waals surface area contributed by atoms with Gasteiger partial charge in [0.1, 0.15) is 16.5 Å². The number of aromatic carboxylic acids is 1. The molecule has 44 heavy (non-hydrogen) atoms. The van der Waals surface area contributed by atoms with Crippen LogP contribution < -0.4 is 9.64 Å². The molecule has 5 rings (SSSR count). The van der Waals surface area contributed by atoms with Gasteiger partial charge < -0.3 is 14.7 Å². The molecule has 9 nitrogen and oxygen atoms in total. The second-order valence-electron chi connectivity index (χ2n) is 9.53. The fourth-order valence-electron chi connectivity index (χ4n) is 4.28. The Morgan fingerprint density at radius 1 is 0.864 bits per heavy atom. The number of carbonyl (C=O) groups is 1. The van der Waals surface area contributed by atoms with E-state index in [0.717, 1.165) is 16.7 Å². The van der Waals surface area contributed by atoms with Crippen LogP contribution in [-0.4, -0.2) is 21.3 Å². The molecular weight excluding hydrogens is 679 g/mol. The molecule has 1 N–H and O–H groups in total. The largest absolute Gasteiger partial charge is 0.478 e. The van der Waals surface area contributed by atoms with Crippen LogP contribution in [0.3, 0.4) is 0 Å². The average molecular weight is 702 g/mol. The first-order valence-corrected chi connectivity index (χ1v) is 16.3. The van der Waals surface area contributed by atoms with Gasteiger partial charge in [0.15, 0.2) is 0 Å². The van der Waals surface area contributed by atoms with E-state index >= 15 is 0 Å². The van der Waals surface area contributed by atoms with Crippen molar-refractivity contribution in [1.82, 2.24) is 10.2 Å². The first-order chi connectivity index (χ1) is 21.2. The van der Waals surface area contributed by atoms with Gasteiger partial charge in [-0.1, -0.05) is 87.9 Å². The Morgan fingerprint density at radius 2 is 1.57 bits per heavy atom. The van der Waals surface area contributed by atoms with Crippen LogP contribution in [0, 0.1) is 0 Å². The summed E-state index contributed by atoms with van der Waals surface area (Å²) < 4.78 is 50.0. The zero-order chi connectivity index (χ0) is 31.1. The van der Waals surface area contributed by atoms with E-state index in [-0.39, 0.29) is 5.56 Å². The highest BCUT2D eigenvalue weighted by molar-refractivity contribution is 9.10. The Balaban J connectivity index is 1.39. The third-order valence-electron chi connectivity index (χ3n) is 6.36. The van der Waals surface area contributed by atoms with E-state index in [4.69, 9.17) is 4.74 Å². The predicted molar refractivity (Wildman–Crippen MR) is 165 cm³/mol.